The topological polar surface area (TPSA) is 59.1 Å². The van der Waals surface area contributed by atoms with Crippen LogP contribution in [0.25, 0.3) is 10.9 Å². The van der Waals surface area contributed by atoms with Gasteiger partial charge < -0.3 is 10.8 Å². The zero-order valence-corrected chi connectivity index (χ0v) is 7.42. The van der Waals surface area contributed by atoms with Crippen LogP contribution in [0, 0.1) is 0 Å². The Hall–Kier alpha value is -1.48. The van der Waals surface area contributed by atoms with Gasteiger partial charge in [0.25, 0.3) is 0 Å². The van der Waals surface area contributed by atoms with Crippen LogP contribution in [0.1, 0.15) is 0 Å². The molecule has 66 valence electrons. The predicted octanol–water partition coefficient (Wildman–Crippen LogP) is 2.18. The van der Waals surface area contributed by atoms with Crippen LogP contribution in [0.3, 0.4) is 0 Å². The molecule has 3 N–H and O–H groups in total. The van der Waals surface area contributed by atoms with Crippen molar-refractivity contribution in [3.8, 4) is 5.75 Å². The van der Waals surface area contributed by atoms with E-state index >= 15 is 0 Å². The third kappa shape index (κ3) is 1.17. The van der Waals surface area contributed by atoms with Crippen LogP contribution in [-0.4, -0.2) is 10.1 Å². The normalized spacial score (nSPS) is 10.5. The second-order valence-corrected chi connectivity index (χ2v) is 3.08. The lowest BCUT2D eigenvalue weighted by molar-refractivity contribution is 0.480. The highest BCUT2D eigenvalue weighted by Crippen LogP contribution is 2.31. The maximum Gasteiger partial charge on any atom is 0.141 e. The van der Waals surface area contributed by atoms with Crippen LogP contribution in [0.2, 0.25) is 5.02 Å². The van der Waals surface area contributed by atoms with Gasteiger partial charge in [0.1, 0.15) is 11.3 Å². The summed E-state index contributed by atoms with van der Waals surface area (Å²) < 4.78 is 0. The Balaban J connectivity index is 2.94. The van der Waals surface area contributed by atoms with E-state index in [2.05, 4.69) is 4.98 Å². The number of aromatic nitrogens is 1. The van der Waals surface area contributed by atoms with E-state index in [4.69, 9.17) is 17.3 Å². The van der Waals surface area contributed by atoms with E-state index in [0.29, 0.717) is 21.6 Å². The number of phenolic OH excluding ortho intramolecular Hbond substituents is 1. The monoisotopic (exact) mass is 194 g/mol. The lowest BCUT2D eigenvalue weighted by Crippen LogP contribution is -1.89. The third-order valence-electron chi connectivity index (χ3n) is 1.84. The number of fused-ring (bicyclic) bond motifs is 1. The van der Waals surface area contributed by atoms with E-state index in [9.17, 15) is 5.11 Å². The average Bonchev–Trinajstić information content (AvgIpc) is 2.12. The molecular formula is C9H7ClN2O. The Morgan fingerprint density at radius 2 is 2.15 bits per heavy atom. The second-order valence-electron chi connectivity index (χ2n) is 2.70. The van der Waals surface area contributed by atoms with Crippen molar-refractivity contribution in [3.05, 3.63) is 29.4 Å². The van der Waals surface area contributed by atoms with Crippen LogP contribution < -0.4 is 5.73 Å². The number of nitrogen functional groups attached to an aromatic ring is 1. The number of aromatic hydroxyl groups is 1. The Labute approximate surface area is 79.8 Å². The zero-order valence-electron chi connectivity index (χ0n) is 6.66. The van der Waals surface area contributed by atoms with Crippen molar-refractivity contribution < 1.29 is 5.11 Å². The van der Waals surface area contributed by atoms with Crippen LogP contribution in [-0.2, 0) is 0 Å². The second kappa shape index (κ2) is 2.78. The van der Waals surface area contributed by atoms with Gasteiger partial charge in [0.2, 0.25) is 0 Å². The number of phenols is 1. The quantitative estimate of drug-likeness (QED) is 0.676. The molecular weight excluding hydrogens is 188 g/mol. The van der Waals surface area contributed by atoms with Crippen molar-refractivity contribution in [2.24, 2.45) is 0 Å². The fraction of sp³-hybridized carbons (Fsp3) is 0. The summed E-state index contributed by atoms with van der Waals surface area (Å²) in [5.41, 5.74) is 6.45. The Bertz CT molecular complexity index is 470. The molecule has 2 rings (SSSR count). The van der Waals surface area contributed by atoms with E-state index in [0.717, 1.165) is 0 Å². The number of anilines is 1. The van der Waals surface area contributed by atoms with E-state index < -0.39 is 0 Å². The first-order valence-corrected chi connectivity index (χ1v) is 4.09. The minimum absolute atomic E-state index is 0.111. The van der Waals surface area contributed by atoms with Crippen molar-refractivity contribution in [2.45, 2.75) is 0 Å². The van der Waals surface area contributed by atoms with E-state index in [1.807, 2.05) is 0 Å². The summed E-state index contributed by atoms with van der Waals surface area (Å²) in [6, 6.07) is 5.02. The van der Waals surface area contributed by atoms with Gasteiger partial charge in [0.05, 0.1) is 16.9 Å². The molecule has 2 aromatic rings. The Kier molecular flexibility index (Phi) is 1.74. The highest BCUT2D eigenvalue weighted by atomic mass is 35.5. The summed E-state index contributed by atoms with van der Waals surface area (Å²) in [7, 11) is 0. The number of rotatable bonds is 0. The Morgan fingerprint density at radius 3 is 2.92 bits per heavy atom. The molecule has 0 spiro atoms. The van der Waals surface area contributed by atoms with Gasteiger partial charge in [-0.3, -0.25) is 4.98 Å². The van der Waals surface area contributed by atoms with Crippen LogP contribution >= 0.6 is 11.6 Å². The first kappa shape index (κ1) is 8.13. The first-order valence-electron chi connectivity index (χ1n) is 3.72. The van der Waals surface area contributed by atoms with Gasteiger partial charge in [-0.1, -0.05) is 23.7 Å². The number of pyridine rings is 1. The predicted molar refractivity (Wildman–Crippen MR) is 52.8 cm³/mol. The molecule has 0 amide bonds. The summed E-state index contributed by atoms with van der Waals surface area (Å²) in [5, 5.41) is 10.5. The highest BCUT2D eigenvalue weighted by molar-refractivity contribution is 6.37. The summed E-state index contributed by atoms with van der Waals surface area (Å²) >= 11 is 5.92. The first-order chi connectivity index (χ1) is 6.20. The number of nitrogens with two attached hydrogens (primary N) is 1. The van der Waals surface area contributed by atoms with E-state index in [1.165, 1.54) is 6.20 Å². The highest BCUT2D eigenvalue weighted by Gasteiger charge is 2.06. The SMILES string of the molecule is Nc1cnc2c(O)cccc2c1Cl. The van der Waals surface area contributed by atoms with Gasteiger partial charge in [-0.25, -0.2) is 0 Å². The molecule has 4 heteroatoms. The summed E-state index contributed by atoms with van der Waals surface area (Å²) in [6.45, 7) is 0. The molecule has 0 aliphatic carbocycles. The molecule has 0 fully saturated rings. The molecule has 3 nitrogen and oxygen atoms in total. The van der Waals surface area contributed by atoms with E-state index in [1.54, 1.807) is 18.2 Å². The molecule has 0 aliphatic heterocycles. The molecule has 0 atom stereocenters. The minimum Gasteiger partial charge on any atom is -0.506 e. The lowest BCUT2D eigenvalue weighted by Gasteiger charge is -2.03. The number of benzene rings is 1. The summed E-state index contributed by atoms with van der Waals surface area (Å²) in [6.07, 6.45) is 1.43. The molecule has 1 aromatic heterocycles. The molecule has 13 heavy (non-hydrogen) atoms. The molecule has 0 radical (unpaired) electrons. The third-order valence-corrected chi connectivity index (χ3v) is 2.26. The molecule has 0 aliphatic rings. The van der Waals surface area contributed by atoms with Gasteiger partial charge in [-0.05, 0) is 6.07 Å². The van der Waals surface area contributed by atoms with Gasteiger partial charge in [0.15, 0.2) is 0 Å². The van der Waals surface area contributed by atoms with Crippen molar-refractivity contribution in [3.63, 3.8) is 0 Å². The fourth-order valence-corrected chi connectivity index (χ4v) is 1.39. The fourth-order valence-electron chi connectivity index (χ4n) is 1.19. The largest absolute Gasteiger partial charge is 0.506 e. The average molecular weight is 195 g/mol. The maximum absolute atomic E-state index is 9.42. The van der Waals surface area contributed by atoms with Crippen LogP contribution in [0.5, 0.6) is 5.75 Å². The van der Waals surface area contributed by atoms with Crippen molar-refractivity contribution in [1.82, 2.24) is 4.98 Å². The molecule has 1 aromatic carbocycles. The number of hydrogen-bond acceptors (Lipinski definition) is 3. The summed E-state index contributed by atoms with van der Waals surface area (Å²) in [5.74, 6) is 0.111. The van der Waals surface area contributed by atoms with Gasteiger partial charge >= 0.3 is 0 Å². The lowest BCUT2D eigenvalue weighted by atomic mass is 10.2. The standard InChI is InChI=1S/C9H7ClN2O/c10-8-5-2-1-3-7(13)9(5)12-4-6(8)11/h1-4,13H,11H2. The van der Waals surface area contributed by atoms with Gasteiger partial charge in [-0.15, -0.1) is 0 Å². The Morgan fingerprint density at radius 1 is 1.38 bits per heavy atom. The van der Waals surface area contributed by atoms with Gasteiger partial charge in [0, 0.05) is 5.39 Å². The van der Waals surface area contributed by atoms with Crippen molar-refractivity contribution in [1.29, 1.82) is 0 Å². The molecule has 0 saturated carbocycles. The van der Waals surface area contributed by atoms with Gasteiger partial charge in [-0.2, -0.15) is 0 Å². The molecule has 1 heterocycles. The van der Waals surface area contributed by atoms with Crippen LogP contribution in [0.15, 0.2) is 24.4 Å². The number of nitrogens with zero attached hydrogens (tertiary/aromatic N) is 1. The van der Waals surface area contributed by atoms with E-state index in [-0.39, 0.29) is 5.75 Å². The zero-order chi connectivity index (χ0) is 9.42. The number of halogens is 1. The molecule has 0 saturated heterocycles. The van der Waals surface area contributed by atoms with Crippen LogP contribution in [0.4, 0.5) is 5.69 Å². The van der Waals surface area contributed by atoms with Crippen molar-refractivity contribution in [2.75, 3.05) is 5.73 Å². The molecule has 0 bridgehead atoms. The molecule has 0 unspecified atom stereocenters. The maximum atomic E-state index is 9.42. The number of hydrogen-bond donors (Lipinski definition) is 2. The van der Waals surface area contributed by atoms with Crippen molar-refractivity contribution >= 4 is 28.2 Å². The smallest absolute Gasteiger partial charge is 0.141 e. The summed E-state index contributed by atoms with van der Waals surface area (Å²) in [4.78, 5) is 3.98. The number of para-hydroxylation sites is 1. The minimum atomic E-state index is 0.111.